The minimum atomic E-state index is 0.671. The molecule has 0 radical (unpaired) electrons. The van der Waals surface area contributed by atoms with Gasteiger partial charge in [0.15, 0.2) is 0 Å². The van der Waals surface area contributed by atoms with E-state index in [1.165, 1.54) is 12.5 Å². The van der Waals surface area contributed by atoms with Crippen molar-refractivity contribution in [1.29, 1.82) is 0 Å². The van der Waals surface area contributed by atoms with Gasteiger partial charge in [0.05, 0.1) is 0 Å². The first-order valence-electron chi connectivity index (χ1n) is 4.85. The molecule has 0 spiro atoms. The fourth-order valence-corrected chi connectivity index (χ4v) is 1.39. The Kier molecular flexibility index (Phi) is 5.76. The summed E-state index contributed by atoms with van der Waals surface area (Å²) in [6, 6.07) is 7.87. The van der Waals surface area contributed by atoms with E-state index in [2.05, 4.69) is 9.78 Å². The summed E-state index contributed by atoms with van der Waals surface area (Å²) in [5, 5.41) is 16.3. The van der Waals surface area contributed by atoms with Gasteiger partial charge in [0.25, 0.3) is 0 Å². The zero-order valence-corrected chi connectivity index (χ0v) is 8.74. The van der Waals surface area contributed by atoms with Gasteiger partial charge in [-0.25, -0.2) is 10.5 Å². The van der Waals surface area contributed by atoms with Crippen LogP contribution in [0.4, 0.5) is 0 Å². The molecule has 0 unspecified atom stereocenters. The van der Waals surface area contributed by atoms with E-state index in [1.807, 2.05) is 24.3 Å². The molecule has 4 nitrogen and oxygen atoms in total. The van der Waals surface area contributed by atoms with E-state index >= 15 is 0 Å². The molecular weight excluding hydrogens is 208 g/mol. The summed E-state index contributed by atoms with van der Waals surface area (Å²) in [6.07, 6.45) is 7.22. The van der Waals surface area contributed by atoms with Crippen molar-refractivity contribution >= 4 is 0 Å². The van der Waals surface area contributed by atoms with E-state index in [-0.39, 0.29) is 0 Å². The lowest BCUT2D eigenvalue weighted by Gasteiger charge is -2.04. The molecule has 1 aromatic rings. The van der Waals surface area contributed by atoms with Crippen LogP contribution in [0.3, 0.4) is 0 Å². The molecule has 1 aromatic carbocycles. The van der Waals surface area contributed by atoms with Gasteiger partial charge in [-0.15, -0.1) is 0 Å². The Hall–Kier alpha value is -1.78. The smallest absolute Gasteiger partial charge is 0.125 e. The van der Waals surface area contributed by atoms with Gasteiger partial charge in [-0.2, -0.15) is 0 Å². The zero-order chi connectivity index (χ0) is 11.6. The van der Waals surface area contributed by atoms with Gasteiger partial charge in [-0.3, -0.25) is 0 Å². The summed E-state index contributed by atoms with van der Waals surface area (Å²) < 4.78 is 0. The van der Waals surface area contributed by atoms with Gasteiger partial charge in [0.2, 0.25) is 0 Å². The lowest BCUT2D eigenvalue weighted by molar-refractivity contribution is -0.186. The van der Waals surface area contributed by atoms with Crippen LogP contribution in [-0.2, 0) is 22.6 Å². The van der Waals surface area contributed by atoms with Crippen molar-refractivity contribution < 1.29 is 20.3 Å². The monoisotopic (exact) mass is 222 g/mol. The van der Waals surface area contributed by atoms with E-state index in [0.29, 0.717) is 12.8 Å². The lowest BCUT2D eigenvalue weighted by atomic mass is 10.0. The topological polar surface area (TPSA) is 58.9 Å². The second-order valence-electron chi connectivity index (χ2n) is 3.13. The summed E-state index contributed by atoms with van der Waals surface area (Å²) in [4.78, 5) is 7.71. The molecule has 0 bridgehead atoms. The van der Waals surface area contributed by atoms with Crippen LogP contribution in [0.2, 0.25) is 0 Å². The molecule has 0 heterocycles. The van der Waals surface area contributed by atoms with Crippen LogP contribution < -0.4 is 0 Å². The fraction of sp³-hybridized carbons (Fsp3) is 0.167. The Morgan fingerprint density at radius 1 is 0.875 bits per heavy atom. The van der Waals surface area contributed by atoms with E-state index in [0.717, 1.165) is 11.1 Å². The molecule has 0 aliphatic rings. The molecule has 0 fully saturated rings. The molecular formula is C12H14O4. The number of hydrogen-bond acceptors (Lipinski definition) is 4. The number of hydrogen-bond donors (Lipinski definition) is 2. The third-order valence-electron chi connectivity index (χ3n) is 2.11. The van der Waals surface area contributed by atoms with Crippen molar-refractivity contribution in [3.8, 4) is 0 Å². The van der Waals surface area contributed by atoms with Crippen LogP contribution in [0.1, 0.15) is 11.1 Å². The fourth-order valence-electron chi connectivity index (χ4n) is 1.39. The quantitative estimate of drug-likeness (QED) is 0.441. The summed E-state index contributed by atoms with van der Waals surface area (Å²) in [5.74, 6) is 0. The first-order valence-corrected chi connectivity index (χ1v) is 4.85. The van der Waals surface area contributed by atoms with Crippen LogP contribution in [-0.4, -0.2) is 10.5 Å². The molecule has 0 aliphatic carbocycles. The number of allylic oxidation sites excluding steroid dienone is 2. The first kappa shape index (κ1) is 12.3. The Morgan fingerprint density at radius 2 is 1.31 bits per heavy atom. The average molecular weight is 222 g/mol. The minimum absolute atomic E-state index is 0.671. The highest BCUT2D eigenvalue weighted by Crippen LogP contribution is 2.11. The third-order valence-corrected chi connectivity index (χ3v) is 2.11. The van der Waals surface area contributed by atoms with E-state index in [1.54, 1.807) is 12.2 Å². The van der Waals surface area contributed by atoms with Crippen molar-refractivity contribution in [3.63, 3.8) is 0 Å². The SMILES string of the molecule is OOC=CCc1ccccc1CC=COO. The molecule has 16 heavy (non-hydrogen) atoms. The van der Waals surface area contributed by atoms with Gasteiger partial charge in [-0.1, -0.05) is 24.3 Å². The maximum atomic E-state index is 8.14. The largest absolute Gasteiger partial charge is 0.349 e. The molecule has 2 N–H and O–H groups in total. The molecule has 0 saturated heterocycles. The van der Waals surface area contributed by atoms with E-state index in [4.69, 9.17) is 10.5 Å². The van der Waals surface area contributed by atoms with E-state index < -0.39 is 0 Å². The molecule has 0 aromatic heterocycles. The molecule has 0 amide bonds. The average Bonchev–Trinajstić information content (AvgIpc) is 2.32. The minimum Gasteiger partial charge on any atom is -0.349 e. The molecule has 0 atom stereocenters. The van der Waals surface area contributed by atoms with Crippen molar-refractivity contribution in [2.24, 2.45) is 0 Å². The van der Waals surface area contributed by atoms with Gasteiger partial charge in [0, 0.05) is 0 Å². The van der Waals surface area contributed by atoms with Crippen LogP contribution in [0.25, 0.3) is 0 Å². The van der Waals surface area contributed by atoms with Crippen LogP contribution in [0.5, 0.6) is 0 Å². The second-order valence-corrected chi connectivity index (χ2v) is 3.13. The van der Waals surface area contributed by atoms with Gasteiger partial charge in [-0.05, 0) is 36.1 Å². The zero-order valence-electron chi connectivity index (χ0n) is 8.74. The first-order chi connectivity index (χ1) is 7.88. The highest BCUT2D eigenvalue weighted by atomic mass is 17.1. The molecule has 86 valence electrons. The summed E-state index contributed by atoms with van der Waals surface area (Å²) in [5.41, 5.74) is 2.25. The summed E-state index contributed by atoms with van der Waals surface area (Å²) >= 11 is 0. The molecule has 0 aliphatic heterocycles. The van der Waals surface area contributed by atoms with Crippen molar-refractivity contribution in [1.82, 2.24) is 0 Å². The van der Waals surface area contributed by atoms with Crippen molar-refractivity contribution in [2.75, 3.05) is 0 Å². The predicted molar refractivity (Wildman–Crippen MR) is 59.6 cm³/mol. The number of rotatable bonds is 6. The van der Waals surface area contributed by atoms with Crippen LogP contribution >= 0.6 is 0 Å². The molecule has 1 rings (SSSR count). The van der Waals surface area contributed by atoms with Gasteiger partial charge in [0.1, 0.15) is 12.5 Å². The van der Waals surface area contributed by atoms with Crippen LogP contribution in [0, 0.1) is 0 Å². The van der Waals surface area contributed by atoms with E-state index in [9.17, 15) is 0 Å². The number of benzene rings is 1. The summed E-state index contributed by atoms with van der Waals surface area (Å²) in [6.45, 7) is 0. The molecule has 4 heteroatoms. The standard InChI is InChI=1S/C12H14O4/c13-15-9-3-7-11-5-1-2-6-12(11)8-4-10-16-14/h1-6,9-10,13-14H,7-8H2. The lowest BCUT2D eigenvalue weighted by Crippen LogP contribution is -1.91. The highest BCUT2D eigenvalue weighted by Gasteiger charge is 1.97. The predicted octanol–water partition coefficient (Wildman–Crippen LogP) is 2.78. The molecule has 0 saturated carbocycles. The van der Waals surface area contributed by atoms with Crippen molar-refractivity contribution in [3.05, 3.63) is 60.1 Å². The normalized spacial score (nSPS) is 11.1. The Balaban J connectivity index is 2.67. The Labute approximate surface area is 93.9 Å². The van der Waals surface area contributed by atoms with Crippen LogP contribution in [0.15, 0.2) is 48.9 Å². The maximum absolute atomic E-state index is 8.14. The Bertz CT molecular complexity index is 323. The summed E-state index contributed by atoms with van der Waals surface area (Å²) in [7, 11) is 0. The highest BCUT2D eigenvalue weighted by molar-refractivity contribution is 5.30. The van der Waals surface area contributed by atoms with Gasteiger partial charge >= 0.3 is 0 Å². The maximum Gasteiger partial charge on any atom is 0.125 e. The second kappa shape index (κ2) is 7.50. The van der Waals surface area contributed by atoms with Crippen molar-refractivity contribution in [2.45, 2.75) is 12.8 Å². The Morgan fingerprint density at radius 3 is 1.69 bits per heavy atom. The van der Waals surface area contributed by atoms with Gasteiger partial charge < -0.3 is 9.78 Å². The third kappa shape index (κ3) is 4.16.